The van der Waals surface area contributed by atoms with E-state index in [1.54, 1.807) is 12.1 Å². The fourth-order valence-corrected chi connectivity index (χ4v) is 2.04. The lowest BCUT2D eigenvalue weighted by atomic mass is 10.2. The summed E-state index contributed by atoms with van der Waals surface area (Å²) >= 11 is 0. The van der Waals surface area contributed by atoms with Gasteiger partial charge in [-0.05, 0) is 24.8 Å². The Morgan fingerprint density at radius 3 is 3.06 bits per heavy atom. The van der Waals surface area contributed by atoms with E-state index in [-0.39, 0.29) is 10.6 Å². The summed E-state index contributed by atoms with van der Waals surface area (Å²) in [6.07, 6.45) is 3.64. The van der Waals surface area contributed by atoms with Gasteiger partial charge < -0.3 is 5.32 Å². The van der Waals surface area contributed by atoms with Gasteiger partial charge in [0.05, 0.1) is 4.92 Å². The SMILES string of the molecule is CCCC1CC1Nc1cccc([N+](=O)[O-])c1. The first-order valence-corrected chi connectivity index (χ1v) is 5.71. The van der Waals surface area contributed by atoms with E-state index in [0.717, 1.165) is 11.6 Å². The predicted octanol–water partition coefficient (Wildman–Crippen LogP) is 3.20. The predicted molar refractivity (Wildman–Crippen MR) is 63.5 cm³/mol. The second kappa shape index (κ2) is 4.51. The molecule has 2 rings (SSSR count). The maximum atomic E-state index is 10.6. The van der Waals surface area contributed by atoms with Crippen LogP contribution in [0.5, 0.6) is 0 Å². The number of hydrogen-bond donors (Lipinski definition) is 1. The molecular formula is C12H16N2O2. The Morgan fingerprint density at radius 1 is 1.56 bits per heavy atom. The molecular weight excluding hydrogens is 204 g/mol. The molecule has 2 unspecified atom stereocenters. The van der Waals surface area contributed by atoms with Crippen LogP contribution >= 0.6 is 0 Å². The fraction of sp³-hybridized carbons (Fsp3) is 0.500. The number of nitrogens with one attached hydrogen (secondary N) is 1. The highest BCUT2D eigenvalue weighted by atomic mass is 16.6. The molecule has 0 bridgehead atoms. The zero-order valence-corrected chi connectivity index (χ0v) is 9.35. The van der Waals surface area contributed by atoms with Crippen molar-refractivity contribution in [1.82, 2.24) is 0 Å². The molecule has 0 spiro atoms. The van der Waals surface area contributed by atoms with Crippen LogP contribution in [0.1, 0.15) is 26.2 Å². The van der Waals surface area contributed by atoms with Crippen LogP contribution in [0.2, 0.25) is 0 Å². The number of nitro groups is 1. The number of anilines is 1. The first kappa shape index (κ1) is 10.9. The summed E-state index contributed by atoms with van der Waals surface area (Å²) in [4.78, 5) is 10.2. The van der Waals surface area contributed by atoms with Crippen molar-refractivity contribution in [3.8, 4) is 0 Å². The first-order valence-electron chi connectivity index (χ1n) is 5.71. The molecule has 4 heteroatoms. The Kier molecular flexibility index (Phi) is 3.08. The highest BCUT2D eigenvalue weighted by molar-refractivity contribution is 5.52. The lowest BCUT2D eigenvalue weighted by molar-refractivity contribution is -0.384. The van der Waals surface area contributed by atoms with Gasteiger partial charge in [-0.3, -0.25) is 10.1 Å². The third kappa shape index (κ3) is 2.51. The second-order valence-electron chi connectivity index (χ2n) is 4.34. The van der Waals surface area contributed by atoms with Gasteiger partial charge in [0.15, 0.2) is 0 Å². The van der Waals surface area contributed by atoms with Crippen LogP contribution in [0.15, 0.2) is 24.3 Å². The van der Waals surface area contributed by atoms with E-state index >= 15 is 0 Å². The van der Waals surface area contributed by atoms with Crippen molar-refractivity contribution >= 4 is 11.4 Å². The summed E-state index contributed by atoms with van der Waals surface area (Å²) in [5.41, 5.74) is 1.01. The molecule has 0 heterocycles. The standard InChI is InChI=1S/C12H16N2O2/c1-2-4-9-7-12(9)13-10-5-3-6-11(8-10)14(15)16/h3,5-6,8-9,12-13H,2,4,7H2,1H3. The van der Waals surface area contributed by atoms with Crippen LogP contribution < -0.4 is 5.32 Å². The maximum absolute atomic E-state index is 10.6. The van der Waals surface area contributed by atoms with Gasteiger partial charge in [0.25, 0.3) is 5.69 Å². The number of non-ortho nitro benzene ring substituents is 1. The molecule has 1 aliphatic carbocycles. The Bertz CT molecular complexity index is 392. The van der Waals surface area contributed by atoms with Crippen molar-refractivity contribution in [2.24, 2.45) is 5.92 Å². The quantitative estimate of drug-likeness (QED) is 0.612. The van der Waals surface area contributed by atoms with Gasteiger partial charge in [0.2, 0.25) is 0 Å². The van der Waals surface area contributed by atoms with Gasteiger partial charge in [0, 0.05) is 23.9 Å². The number of hydrogen-bond acceptors (Lipinski definition) is 3. The molecule has 1 aromatic carbocycles. The molecule has 1 N–H and O–H groups in total. The highest BCUT2D eigenvalue weighted by Gasteiger charge is 2.35. The van der Waals surface area contributed by atoms with E-state index in [1.807, 2.05) is 6.07 Å². The van der Waals surface area contributed by atoms with Crippen LogP contribution in [0.3, 0.4) is 0 Å². The molecule has 0 amide bonds. The minimum atomic E-state index is -0.360. The van der Waals surface area contributed by atoms with Crippen LogP contribution in [0.4, 0.5) is 11.4 Å². The molecule has 4 nitrogen and oxygen atoms in total. The van der Waals surface area contributed by atoms with E-state index in [9.17, 15) is 10.1 Å². The van der Waals surface area contributed by atoms with E-state index in [0.29, 0.717) is 6.04 Å². The molecule has 1 saturated carbocycles. The van der Waals surface area contributed by atoms with Crippen LogP contribution in [0, 0.1) is 16.0 Å². The van der Waals surface area contributed by atoms with Gasteiger partial charge in [-0.25, -0.2) is 0 Å². The number of benzene rings is 1. The Morgan fingerprint density at radius 2 is 2.38 bits per heavy atom. The molecule has 1 aromatic rings. The van der Waals surface area contributed by atoms with E-state index in [1.165, 1.54) is 25.3 Å². The maximum Gasteiger partial charge on any atom is 0.271 e. The zero-order valence-electron chi connectivity index (χ0n) is 9.35. The topological polar surface area (TPSA) is 55.2 Å². The minimum Gasteiger partial charge on any atom is -0.382 e. The van der Waals surface area contributed by atoms with Crippen molar-refractivity contribution in [3.63, 3.8) is 0 Å². The summed E-state index contributed by atoms with van der Waals surface area (Å²) in [5.74, 6) is 0.754. The monoisotopic (exact) mass is 220 g/mol. The van der Waals surface area contributed by atoms with Gasteiger partial charge in [-0.15, -0.1) is 0 Å². The van der Waals surface area contributed by atoms with Crippen LogP contribution in [-0.2, 0) is 0 Å². The lowest BCUT2D eigenvalue weighted by Gasteiger charge is -2.05. The van der Waals surface area contributed by atoms with Crippen molar-refractivity contribution in [2.75, 3.05) is 5.32 Å². The van der Waals surface area contributed by atoms with Gasteiger partial charge in [0.1, 0.15) is 0 Å². The molecule has 1 fully saturated rings. The van der Waals surface area contributed by atoms with E-state index in [4.69, 9.17) is 0 Å². The minimum absolute atomic E-state index is 0.151. The molecule has 1 aliphatic rings. The molecule has 0 saturated heterocycles. The average Bonchev–Trinajstić information content (AvgIpc) is 2.97. The zero-order chi connectivity index (χ0) is 11.5. The van der Waals surface area contributed by atoms with Gasteiger partial charge in [-0.2, -0.15) is 0 Å². The molecule has 0 radical (unpaired) electrons. The molecule has 0 aliphatic heterocycles. The largest absolute Gasteiger partial charge is 0.382 e. The van der Waals surface area contributed by atoms with Gasteiger partial charge >= 0.3 is 0 Å². The number of rotatable bonds is 5. The smallest absolute Gasteiger partial charge is 0.271 e. The third-order valence-electron chi connectivity index (χ3n) is 2.99. The van der Waals surface area contributed by atoms with Crippen molar-refractivity contribution in [2.45, 2.75) is 32.2 Å². The molecule has 86 valence electrons. The molecule has 2 atom stereocenters. The lowest BCUT2D eigenvalue weighted by Crippen LogP contribution is -2.04. The first-order chi connectivity index (χ1) is 7.70. The second-order valence-corrected chi connectivity index (χ2v) is 4.34. The Labute approximate surface area is 94.8 Å². The van der Waals surface area contributed by atoms with E-state index < -0.39 is 0 Å². The van der Waals surface area contributed by atoms with Crippen LogP contribution in [0.25, 0.3) is 0 Å². The van der Waals surface area contributed by atoms with Crippen molar-refractivity contribution in [3.05, 3.63) is 34.4 Å². The number of nitro benzene ring substituents is 1. The normalized spacial score (nSPS) is 22.8. The van der Waals surface area contributed by atoms with Crippen molar-refractivity contribution in [1.29, 1.82) is 0 Å². The van der Waals surface area contributed by atoms with Crippen molar-refractivity contribution < 1.29 is 4.92 Å². The van der Waals surface area contributed by atoms with Gasteiger partial charge in [-0.1, -0.05) is 19.4 Å². The summed E-state index contributed by atoms with van der Waals surface area (Å²) in [6, 6.07) is 7.23. The fourth-order valence-electron chi connectivity index (χ4n) is 2.04. The molecule has 16 heavy (non-hydrogen) atoms. The summed E-state index contributed by atoms with van der Waals surface area (Å²) in [6.45, 7) is 2.18. The van der Waals surface area contributed by atoms with E-state index in [2.05, 4.69) is 12.2 Å². The number of nitrogens with zero attached hydrogens (tertiary/aromatic N) is 1. The summed E-state index contributed by atoms with van der Waals surface area (Å²) in [7, 11) is 0. The summed E-state index contributed by atoms with van der Waals surface area (Å²) in [5, 5.41) is 13.9. The van der Waals surface area contributed by atoms with Crippen LogP contribution in [-0.4, -0.2) is 11.0 Å². The highest BCUT2D eigenvalue weighted by Crippen LogP contribution is 2.37. The Hall–Kier alpha value is -1.58. The summed E-state index contributed by atoms with van der Waals surface area (Å²) < 4.78 is 0. The Balaban J connectivity index is 1.95. The third-order valence-corrected chi connectivity index (χ3v) is 2.99. The molecule has 0 aromatic heterocycles. The average molecular weight is 220 g/mol.